The van der Waals surface area contributed by atoms with Gasteiger partial charge in [0.2, 0.25) is 0 Å². The van der Waals surface area contributed by atoms with Crippen LogP contribution < -0.4 is 5.73 Å². The Kier molecular flexibility index (Phi) is 5.97. The van der Waals surface area contributed by atoms with Crippen molar-refractivity contribution in [2.24, 2.45) is 23.5 Å². The SMILES string of the molecule is CCCC1CCCN(CC2CCCC2CN)CC1. The lowest BCUT2D eigenvalue weighted by atomic mass is 9.95. The maximum atomic E-state index is 5.90. The van der Waals surface area contributed by atoms with Crippen LogP contribution in [-0.4, -0.2) is 31.1 Å². The number of hydrogen-bond acceptors (Lipinski definition) is 2. The molecule has 2 heteroatoms. The molecule has 1 saturated carbocycles. The smallest absolute Gasteiger partial charge is 0.00128 e. The molecule has 1 aliphatic carbocycles. The molecule has 0 bridgehead atoms. The van der Waals surface area contributed by atoms with Gasteiger partial charge in [-0.25, -0.2) is 0 Å². The van der Waals surface area contributed by atoms with Crippen molar-refractivity contribution in [2.75, 3.05) is 26.2 Å². The van der Waals surface area contributed by atoms with Crippen molar-refractivity contribution in [3.8, 4) is 0 Å². The Balaban J connectivity index is 1.76. The Morgan fingerprint density at radius 1 is 1.00 bits per heavy atom. The third-order valence-electron chi connectivity index (χ3n) is 5.25. The minimum atomic E-state index is 0.819. The fourth-order valence-electron chi connectivity index (χ4n) is 4.10. The van der Waals surface area contributed by atoms with Crippen molar-refractivity contribution in [3.63, 3.8) is 0 Å². The summed E-state index contributed by atoms with van der Waals surface area (Å²) in [6.45, 7) is 7.26. The molecule has 2 fully saturated rings. The molecule has 106 valence electrons. The van der Waals surface area contributed by atoms with Crippen molar-refractivity contribution >= 4 is 0 Å². The van der Waals surface area contributed by atoms with Crippen molar-refractivity contribution in [3.05, 3.63) is 0 Å². The maximum Gasteiger partial charge on any atom is 0.00128 e. The second-order valence-electron chi connectivity index (χ2n) is 6.57. The minimum absolute atomic E-state index is 0.819. The van der Waals surface area contributed by atoms with Gasteiger partial charge in [0.1, 0.15) is 0 Å². The largest absolute Gasteiger partial charge is 0.330 e. The van der Waals surface area contributed by atoms with Gasteiger partial charge in [-0.05, 0) is 69.5 Å². The summed E-state index contributed by atoms with van der Waals surface area (Å²) in [5.74, 6) is 2.73. The number of nitrogens with two attached hydrogens (primary N) is 1. The maximum absolute atomic E-state index is 5.90. The minimum Gasteiger partial charge on any atom is -0.330 e. The fourth-order valence-corrected chi connectivity index (χ4v) is 4.10. The molecule has 0 radical (unpaired) electrons. The summed E-state index contributed by atoms with van der Waals surface area (Å²) in [6, 6.07) is 0. The van der Waals surface area contributed by atoms with E-state index >= 15 is 0 Å². The van der Waals surface area contributed by atoms with Gasteiger partial charge in [-0.15, -0.1) is 0 Å². The van der Waals surface area contributed by atoms with Gasteiger partial charge in [0.25, 0.3) is 0 Å². The molecule has 0 aromatic carbocycles. The standard InChI is InChI=1S/C16H32N2/c1-2-5-14-6-4-10-18(11-9-14)13-16-8-3-7-15(16)12-17/h14-16H,2-13,17H2,1H3. The highest BCUT2D eigenvalue weighted by atomic mass is 15.1. The Hall–Kier alpha value is -0.0800. The van der Waals surface area contributed by atoms with E-state index in [0.29, 0.717) is 0 Å². The first-order valence-corrected chi connectivity index (χ1v) is 8.26. The van der Waals surface area contributed by atoms with Crippen LogP contribution in [0.15, 0.2) is 0 Å². The molecule has 0 aromatic heterocycles. The van der Waals surface area contributed by atoms with E-state index in [9.17, 15) is 0 Å². The van der Waals surface area contributed by atoms with E-state index in [1.165, 1.54) is 71.0 Å². The highest BCUT2D eigenvalue weighted by molar-refractivity contribution is 4.81. The first-order chi connectivity index (χ1) is 8.83. The van der Waals surface area contributed by atoms with Crippen LogP contribution in [0.3, 0.4) is 0 Å². The highest BCUT2D eigenvalue weighted by Gasteiger charge is 2.28. The molecule has 2 N–H and O–H groups in total. The summed E-state index contributed by atoms with van der Waals surface area (Å²) in [5, 5.41) is 0. The molecule has 1 saturated heterocycles. The molecular weight excluding hydrogens is 220 g/mol. The number of hydrogen-bond donors (Lipinski definition) is 1. The molecule has 3 atom stereocenters. The normalized spacial score (nSPS) is 34.7. The quantitative estimate of drug-likeness (QED) is 0.814. The summed E-state index contributed by atoms with van der Waals surface area (Å²) in [4.78, 5) is 2.74. The van der Waals surface area contributed by atoms with E-state index in [1.807, 2.05) is 0 Å². The number of nitrogens with zero attached hydrogens (tertiary/aromatic N) is 1. The van der Waals surface area contributed by atoms with Gasteiger partial charge in [0.15, 0.2) is 0 Å². The molecule has 1 aliphatic heterocycles. The zero-order valence-electron chi connectivity index (χ0n) is 12.2. The van der Waals surface area contributed by atoms with E-state index in [2.05, 4.69) is 11.8 Å². The first kappa shape index (κ1) is 14.3. The molecule has 1 heterocycles. The van der Waals surface area contributed by atoms with E-state index in [4.69, 9.17) is 5.73 Å². The lowest BCUT2D eigenvalue weighted by Gasteiger charge is -2.27. The molecule has 3 unspecified atom stereocenters. The van der Waals surface area contributed by atoms with E-state index in [0.717, 1.165) is 24.3 Å². The van der Waals surface area contributed by atoms with Crippen LogP contribution >= 0.6 is 0 Å². The third-order valence-corrected chi connectivity index (χ3v) is 5.25. The highest BCUT2D eigenvalue weighted by Crippen LogP contribution is 2.32. The van der Waals surface area contributed by atoms with E-state index in [1.54, 1.807) is 0 Å². The lowest BCUT2D eigenvalue weighted by molar-refractivity contribution is 0.210. The van der Waals surface area contributed by atoms with Gasteiger partial charge in [-0.1, -0.05) is 26.2 Å². The molecule has 2 rings (SSSR count). The molecule has 2 nitrogen and oxygen atoms in total. The predicted molar refractivity (Wildman–Crippen MR) is 78.6 cm³/mol. The zero-order valence-corrected chi connectivity index (χ0v) is 12.2. The average Bonchev–Trinajstić information content (AvgIpc) is 2.71. The summed E-state index contributed by atoms with van der Waals surface area (Å²) in [5.41, 5.74) is 5.90. The Bertz CT molecular complexity index is 229. The molecular formula is C16H32N2. The van der Waals surface area contributed by atoms with Gasteiger partial charge < -0.3 is 10.6 Å². The molecule has 2 aliphatic rings. The van der Waals surface area contributed by atoms with Gasteiger partial charge >= 0.3 is 0 Å². The van der Waals surface area contributed by atoms with Gasteiger partial charge in [-0.2, -0.15) is 0 Å². The first-order valence-electron chi connectivity index (χ1n) is 8.26. The van der Waals surface area contributed by atoms with Gasteiger partial charge in [0, 0.05) is 6.54 Å². The lowest BCUT2D eigenvalue weighted by Crippen LogP contribution is -2.33. The Labute approximate surface area is 113 Å². The van der Waals surface area contributed by atoms with Crippen LogP contribution in [-0.2, 0) is 0 Å². The van der Waals surface area contributed by atoms with Crippen LogP contribution in [0, 0.1) is 17.8 Å². The molecule has 0 amide bonds. The van der Waals surface area contributed by atoms with E-state index < -0.39 is 0 Å². The Morgan fingerprint density at radius 2 is 1.83 bits per heavy atom. The summed E-state index contributed by atoms with van der Waals surface area (Å²) >= 11 is 0. The van der Waals surface area contributed by atoms with Gasteiger partial charge in [-0.3, -0.25) is 0 Å². The van der Waals surface area contributed by atoms with Crippen LogP contribution in [0.5, 0.6) is 0 Å². The monoisotopic (exact) mass is 252 g/mol. The van der Waals surface area contributed by atoms with Crippen molar-refractivity contribution in [1.29, 1.82) is 0 Å². The van der Waals surface area contributed by atoms with Crippen LogP contribution in [0.2, 0.25) is 0 Å². The molecule has 18 heavy (non-hydrogen) atoms. The topological polar surface area (TPSA) is 29.3 Å². The Morgan fingerprint density at radius 3 is 2.61 bits per heavy atom. The predicted octanol–water partition coefficient (Wildman–Crippen LogP) is 3.26. The average molecular weight is 252 g/mol. The summed E-state index contributed by atoms with van der Waals surface area (Å²) < 4.78 is 0. The number of likely N-dealkylation sites (tertiary alicyclic amines) is 1. The second kappa shape index (κ2) is 7.49. The van der Waals surface area contributed by atoms with Crippen molar-refractivity contribution in [1.82, 2.24) is 4.90 Å². The fraction of sp³-hybridized carbons (Fsp3) is 1.00. The van der Waals surface area contributed by atoms with E-state index in [-0.39, 0.29) is 0 Å². The molecule has 0 aromatic rings. The number of rotatable bonds is 5. The zero-order chi connectivity index (χ0) is 12.8. The second-order valence-corrected chi connectivity index (χ2v) is 6.57. The summed E-state index contributed by atoms with van der Waals surface area (Å²) in [7, 11) is 0. The van der Waals surface area contributed by atoms with Crippen LogP contribution in [0.1, 0.15) is 58.3 Å². The van der Waals surface area contributed by atoms with Gasteiger partial charge in [0.05, 0.1) is 0 Å². The van der Waals surface area contributed by atoms with Crippen LogP contribution in [0.4, 0.5) is 0 Å². The van der Waals surface area contributed by atoms with Crippen molar-refractivity contribution < 1.29 is 0 Å². The van der Waals surface area contributed by atoms with Crippen molar-refractivity contribution in [2.45, 2.75) is 58.3 Å². The molecule has 0 spiro atoms. The summed E-state index contributed by atoms with van der Waals surface area (Å²) in [6.07, 6.45) is 11.4. The van der Waals surface area contributed by atoms with Crippen LogP contribution in [0.25, 0.3) is 0 Å². The third kappa shape index (κ3) is 3.96.